The lowest BCUT2D eigenvalue weighted by Gasteiger charge is -2.36. The number of fused-ring (bicyclic) bond motifs is 2. The van der Waals surface area contributed by atoms with Gasteiger partial charge in [0, 0.05) is 67.4 Å². The number of nitrogens with zero attached hydrogens (tertiary/aromatic N) is 5. The SMILES string of the molecule is Clc1ccc2c(N3CCN(Cc4cn5ccccc5n4)CC3)ccnc2c1. The lowest BCUT2D eigenvalue weighted by molar-refractivity contribution is 0.247. The summed E-state index contributed by atoms with van der Waals surface area (Å²) in [5, 5.41) is 1.89. The Kier molecular flexibility index (Phi) is 4.19. The molecule has 4 heterocycles. The minimum absolute atomic E-state index is 0.726. The van der Waals surface area contributed by atoms with Crippen molar-refractivity contribution in [3.05, 3.63) is 71.8 Å². The zero-order chi connectivity index (χ0) is 18.2. The molecular formula is C21H20ClN5. The monoisotopic (exact) mass is 377 g/mol. The predicted molar refractivity (Wildman–Crippen MR) is 109 cm³/mol. The number of hydrogen-bond donors (Lipinski definition) is 0. The van der Waals surface area contributed by atoms with Crippen LogP contribution in [0.5, 0.6) is 0 Å². The zero-order valence-corrected chi connectivity index (χ0v) is 15.7. The van der Waals surface area contributed by atoms with Crippen LogP contribution in [0.3, 0.4) is 0 Å². The third-order valence-corrected chi connectivity index (χ3v) is 5.43. The minimum atomic E-state index is 0.726. The molecule has 6 heteroatoms. The van der Waals surface area contributed by atoms with E-state index in [4.69, 9.17) is 16.6 Å². The van der Waals surface area contributed by atoms with Gasteiger partial charge in [-0.3, -0.25) is 9.88 Å². The average Bonchev–Trinajstić information content (AvgIpc) is 3.10. The van der Waals surface area contributed by atoms with Crippen LogP contribution < -0.4 is 4.90 Å². The lowest BCUT2D eigenvalue weighted by Crippen LogP contribution is -2.46. The van der Waals surface area contributed by atoms with Gasteiger partial charge in [0.05, 0.1) is 11.2 Å². The van der Waals surface area contributed by atoms with Gasteiger partial charge in [0.1, 0.15) is 5.65 Å². The molecule has 1 fully saturated rings. The molecule has 0 aliphatic carbocycles. The summed E-state index contributed by atoms with van der Waals surface area (Å²) in [7, 11) is 0. The Labute approximate surface area is 162 Å². The van der Waals surface area contributed by atoms with Gasteiger partial charge in [-0.1, -0.05) is 17.7 Å². The van der Waals surface area contributed by atoms with Gasteiger partial charge in [-0.15, -0.1) is 0 Å². The van der Waals surface area contributed by atoms with Gasteiger partial charge < -0.3 is 9.30 Å². The van der Waals surface area contributed by atoms with Gasteiger partial charge in [0.15, 0.2) is 0 Å². The fourth-order valence-corrected chi connectivity index (χ4v) is 3.99. The number of halogens is 1. The van der Waals surface area contributed by atoms with Crippen LogP contribution in [0.1, 0.15) is 5.69 Å². The van der Waals surface area contributed by atoms with Crippen LogP contribution in [-0.2, 0) is 6.54 Å². The fraction of sp³-hybridized carbons (Fsp3) is 0.238. The predicted octanol–water partition coefficient (Wildman–Crippen LogP) is 3.86. The van der Waals surface area contributed by atoms with Gasteiger partial charge in [-0.2, -0.15) is 0 Å². The van der Waals surface area contributed by atoms with Crippen LogP contribution in [0, 0.1) is 0 Å². The highest BCUT2D eigenvalue weighted by Gasteiger charge is 2.19. The Balaban J connectivity index is 1.30. The number of hydrogen-bond acceptors (Lipinski definition) is 4. The van der Waals surface area contributed by atoms with Crippen LogP contribution in [0.25, 0.3) is 16.6 Å². The molecule has 1 aromatic carbocycles. The maximum Gasteiger partial charge on any atom is 0.137 e. The number of anilines is 1. The van der Waals surface area contributed by atoms with Crippen molar-refractivity contribution in [2.75, 3.05) is 31.1 Å². The van der Waals surface area contributed by atoms with E-state index in [1.807, 2.05) is 42.7 Å². The molecule has 5 nitrogen and oxygen atoms in total. The molecule has 1 aliphatic heterocycles. The van der Waals surface area contributed by atoms with E-state index in [1.54, 1.807) is 0 Å². The standard InChI is InChI=1S/C21H20ClN5/c22-16-4-5-18-19(13-16)23-7-6-20(18)26-11-9-25(10-12-26)14-17-15-27-8-2-1-3-21(27)24-17/h1-8,13,15H,9-12,14H2. The van der Waals surface area contributed by atoms with Crippen LogP contribution in [0.15, 0.2) is 61.1 Å². The van der Waals surface area contributed by atoms with E-state index in [2.05, 4.69) is 37.5 Å². The molecule has 1 aliphatic rings. The van der Waals surface area contributed by atoms with Crippen LogP contribution in [0.2, 0.25) is 5.02 Å². The van der Waals surface area contributed by atoms with Gasteiger partial charge in [0.25, 0.3) is 0 Å². The minimum Gasteiger partial charge on any atom is -0.368 e. The number of piperazine rings is 1. The van der Waals surface area contributed by atoms with Crippen LogP contribution in [0.4, 0.5) is 5.69 Å². The van der Waals surface area contributed by atoms with Crippen molar-refractivity contribution >= 4 is 33.8 Å². The summed E-state index contributed by atoms with van der Waals surface area (Å²) in [5.74, 6) is 0. The number of pyridine rings is 2. The molecule has 27 heavy (non-hydrogen) atoms. The molecule has 0 bridgehead atoms. The summed E-state index contributed by atoms with van der Waals surface area (Å²) in [6.45, 7) is 4.92. The molecule has 0 saturated carbocycles. The summed E-state index contributed by atoms with van der Waals surface area (Å²) in [5.41, 5.74) is 4.32. The average molecular weight is 378 g/mol. The number of rotatable bonds is 3. The summed E-state index contributed by atoms with van der Waals surface area (Å²) >= 11 is 6.11. The first-order chi connectivity index (χ1) is 13.3. The Morgan fingerprint density at radius 3 is 2.74 bits per heavy atom. The topological polar surface area (TPSA) is 36.7 Å². The van der Waals surface area contributed by atoms with Crippen molar-refractivity contribution in [3.8, 4) is 0 Å². The van der Waals surface area contributed by atoms with E-state index in [1.165, 1.54) is 5.69 Å². The van der Waals surface area contributed by atoms with Gasteiger partial charge in [-0.25, -0.2) is 4.98 Å². The van der Waals surface area contributed by atoms with E-state index in [0.29, 0.717) is 0 Å². The first kappa shape index (κ1) is 16.5. The molecule has 5 rings (SSSR count). The second-order valence-electron chi connectivity index (χ2n) is 6.95. The van der Waals surface area contributed by atoms with Crippen molar-refractivity contribution in [1.82, 2.24) is 19.3 Å². The molecule has 0 unspecified atom stereocenters. The van der Waals surface area contributed by atoms with Gasteiger partial charge in [0.2, 0.25) is 0 Å². The van der Waals surface area contributed by atoms with Crippen molar-refractivity contribution in [2.24, 2.45) is 0 Å². The first-order valence-electron chi connectivity index (χ1n) is 9.20. The Hall–Kier alpha value is -2.63. The molecule has 0 amide bonds. The molecule has 3 aromatic heterocycles. The quantitative estimate of drug-likeness (QED) is 0.543. The molecule has 136 valence electrons. The lowest BCUT2D eigenvalue weighted by atomic mass is 10.1. The van der Waals surface area contributed by atoms with E-state index in [-0.39, 0.29) is 0 Å². The van der Waals surface area contributed by atoms with Crippen molar-refractivity contribution in [3.63, 3.8) is 0 Å². The maximum absolute atomic E-state index is 6.11. The molecule has 1 saturated heterocycles. The molecule has 0 atom stereocenters. The van der Waals surface area contributed by atoms with Crippen LogP contribution in [-0.4, -0.2) is 45.4 Å². The smallest absolute Gasteiger partial charge is 0.137 e. The van der Waals surface area contributed by atoms with Crippen molar-refractivity contribution in [1.29, 1.82) is 0 Å². The van der Waals surface area contributed by atoms with E-state index in [9.17, 15) is 0 Å². The fourth-order valence-electron chi connectivity index (χ4n) is 3.82. The number of aromatic nitrogens is 3. The van der Waals surface area contributed by atoms with Crippen LogP contribution >= 0.6 is 11.6 Å². The highest BCUT2D eigenvalue weighted by molar-refractivity contribution is 6.31. The third-order valence-electron chi connectivity index (χ3n) is 5.19. The van der Waals surface area contributed by atoms with E-state index < -0.39 is 0 Å². The molecule has 0 spiro atoms. The zero-order valence-electron chi connectivity index (χ0n) is 14.9. The van der Waals surface area contributed by atoms with Crippen molar-refractivity contribution < 1.29 is 0 Å². The molecule has 0 N–H and O–H groups in total. The maximum atomic E-state index is 6.11. The molecule has 0 radical (unpaired) electrons. The summed E-state index contributed by atoms with van der Waals surface area (Å²) < 4.78 is 2.08. The Morgan fingerprint density at radius 1 is 1.00 bits per heavy atom. The summed E-state index contributed by atoms with van der Waals surface area (Å²) in [6.07, 6.45) is 6.05. The normalized spacial score (nSPS) is 15.7. The summed E-state index contributed by atoms with van der Waals surface area (Å²) in [6, 6.07) is 14.1. The second kappa shape index (κ2) is 6.83. The molecular weight excluding hydrogens is 358 g/mol. The second-order valence-corrected chi connectivity index (χ2v) is 7.39. The Morgan fingerprint density at radius 2 is 1.89 bits per heavy atom. The highest BCUT2D eigenvalue weighted by atomic mass is 35.5. The Bertz CT molecular complexity index is 1070. The van der Waals surface area contributed by atoms with Gasteiger partial charge >= 0.3 is 0 Å². The summed E-state index contributed by atoms with van der Waals surface area (Å²) in [4.78, 5) is 14.1. The van der Waals surface area contributed by atoms with Gasteiger partial charge in [-0.05, 0) is 36.4 Å². The third kappa shape index (κ3) is 3.24. The highest BCUT2D eigenvalue weighted by Crippen LogP contribution is 2.28. The van der Waals surface area contributed by atoms with E-state index >= 15 is 0 Å². The number of imidazole rings is 1. The first-order valence-corrected chi connectivity index (χ1v) is 9.58. The number of benzene rings is 1. The van der Waals surface area contributed by atoms with Crippen molar-refractivity contribution in [2.45, 2.75) is 6.54 Å². The largest absolute Gasteiger partial charge is 0.368 e. The van der Waals surface area contributed by atoms with E-state index in [0.717, 1.165) is 60.0 Å². The molecule has 4 aromatic rings.